The monoisotopic (exact) mass is 366 g/mol. The first-order chi connectivity index (χ1) is 13.0. The summed E-state index contributed by atoms with van der Waals surface area (Å²) >= 11 is 0. The first-order valence-corrected chi connectivity index (χ1v) is 9.18. The summed E-state index contributed by atoms with van der Waals surface area (Å²) in [5.74, 6) is 1.02. The Balaban J connectivity index is 1.57. The van der Waals surface area contributed by atoms with Gasteiger partial charge in [-0.05, 0) is 48.7 Å². The molecular weight excluding hydrogens is 344 g/mol. The number of ether oxygens (including phenoxy) is 2. The fourth-order valence-corrected chi connectivity index (χ4v) is 3.43. The fraction of sp³-hybridized carbons (Fsp3) is 0.333. The van der Waals surface area contributed by atoms with E-state index in [2.05, 4.69) is 5.32 Å². The van der Waals surface area contributed by atoms with Crippen LogP contribution < -0.4 is 19.7 Å². The smallest absolute Gasteiger partial charge is 0.255 e. The van der Waals surface area contributed by atoms with Crippen LogP contribution in [0.15, 0.2) is 36.4 Å². The average Bonchev–Trinajstić information content (AvgIpc) is 3.14. The minimum atomic E-state index is -0.231. The van der Waals surface area contributed by atoms with E-state index in [9.17, 15) is 9.59 Å². The van der Waals surface area contributed by atoms with Crippen LogP contribution in [-0.2, 0) is 11.2 Å². The first kappa shape index (κ1) is 17.4. The second-order valence-electron chi connectivity index (χ2n) is 7.11. The SMILES string of the molecule is CC(C)C(=O)N1CCCc2ccc(NC(=O)c3ccc4c(c3)OCO4)cc21. The van der Waals surface area contributed by atoms with E-state index in [1.165, 1.54) is 0 Å². The molecule has 2 aromatic carbocycles. The summed E-state index contributed by atoms with van der Waals surface area (Å²) in [6.45, 7) is 4.69. The number of carbonyl (C=O) groups is 2. The summed E-state index contributed by atoms with van der Waals surface area (Å²) in [5.41, 5.74) is 3.19. The zero-order valence-corrected chi connectivity index (χ0v) is 15.5. The van der Waals surface area contributed by atoms with E-state index >= 15 is 0 Å². The van der Waals surface area contributed by atoms with Crippen molar-refractivity contribution in [3.05, 3.63) is 47.5 Å². The number of nitrogens with one attached hydrogen (secondary N) is 1. The molecule has 0 saturated heterocycles. The van der Waals surface area contributed by atoms with Crippen LogP contribution in [0.5, 0.6) is 11.5 Å². The Kier molecular flexibility index (Phi) is 4.48. The molecule has 4 rings (SSSR count). The van der Waals surface area contributed by atoms with Gasteiger partial charge in [0.2, 0.25) is 12.7 Å². The Labute approximate surface area is 158 Å². The summed E-state index contributed by atoms with van der Waals surface area (Å²) in [6, 6.07) is 10.9. The molecule has 0 aromatic heterocycles. The summed E-state index contributed by atoms with van der Waals surface area (Å²) in [4.78, 5) is 27.0. The molecule has 2 aromatic rings. The van der Waals surface area contributed by atoms with Gasteiger partial charge < -0.3 is 19.7 Å². The molecule has 0 atom stereocenters. The van der Waals surface area contributed by atoms with Crippen molar-refractivity contribution >= 4 is 23.2 Å². The molecule has 0 bridgehead atoms. The number of hydrogen-bond acceptors (Lipinski definition) is 4. The largest absolute Gasteiger partial charge is 0.454 e. The van der Waals surface area contributed by atoms with Crippen LogP contribution in [0, 0.1) is 5.92 Å². The first-order valence-electron chi connectivity index (χ1n) is 9.18. The highest BCUT2D eigenvalue weighted by atomic mass is 16.7. The zero-order valence-electron chi connectivity index (χ0n) is 15.5. The zero-order chi connectivity index (χ0) is 19.0. The minimum absolute atomic E-state index is 0.0668. The van der Waals surface area contributed by atoms with Gasteiger partial charge in [0.05, 0.1) is 0 Å². The van der Waals surface area contributed by atoms with Crippen LogP contribution in [0.25, 0.3) is 0 Å². The molecule has 6 nitrogen and oxygen atoms in total. The molecule has 27 heavy (non-hydrogen) atoms. The van der Waals surface area contributed by atoms with E-state index in [1.807, 2.05) is 36.9 Å². The van der Waals surface area contributed by atoms with Crippen LogP contribution in [-0.4, -0.2) is 25.2 Å². The molecule has 2 aliphatic heterocycles. The van der Waals surface area contributed by atoms with Gasteiger partial charge in [0, 0.05) is 29.4 Å². The molecule has 0 unspecified atom stereocenters. The van der Waals surface area contributed by atoms with Gasteiger partial charge in [-0.2, -0.15) is 0 Å². The van der Waals surface area contributed by atoms with Gasteiger partial charge in [0.15, 0.2) is 11.5 Å². The van der Waals surface area contributed by atoms with Gasteiger partial charge >= 0.3 is 0 Å². The van der Waals surface area contributed by atoms with Crippen LogP contribution in [0.2, 0.25) is 0 Å². The lowest BCUT2D eigenvalue weighted by atomic mass is 9.99. The van der Waals surface area contributed by atoms with Crippen molar-refractivity contribution in [2.24, 2.45) is 5.92 Å². The van der Waals surface area contributed by atoms with Crippen molar-refractivity contribution < 1.29 is 19.1 Å². The number of hydrogen-bond donors (Lipinski definition) is 1. The van der Waals surface area contributed by atoms with Crippen molar-refractivity contribution in [2.45, 2.75) is 26.7 Å². The normalized spacial score (nSPS) is 14.9. The molecule has 0 saturated carbocycles. The quantitative estimate of drug-likeness (QED) is 0.901. The molecule has 0 radical (unpaired) electrons. The lowest BCUT2D eigenvalue weighted by Crippen LogP contribution is -2.38. The number of anilines is 2. The van der Waals surface area contributed by atoms with Gasteiger partial charge in [-0.3, -0.25) is 9.59 Å². The van der Waals surface area contributed by atoms with E-state index in [-0.39, 0.29) is 24.5 Å². The molecule has 0 fully saturated rings. The van der Waals surface area contributed by atoms with E-state index in [0.717, 1.165) is 24.1 Å². The van der Waals surface area contributed by atoms with E-state index in [1.54, 1.807) is 18.2 Å². The van der Waals surface area contributed by atoms with Crippen molar-refractivity contribution in [3.8, 4) is 11.5 Å². The predicted octanol–water partition coefficient (Wildman–Crippen LogP) is 3.60. The molecule has 0 aliphatic carbocycles. The molecular formula is C21H22N2O4. The number of carbonyl (C=O) groups excluding carboxylic acids is 2. The lowest BCUT2D eigenvalue weighted by Gasteiger charge is -2.31. The molecule has 1 N–H and O–H groups in total. The van der Waals surface area contributed by atoms with E-state index in [4.69, 9.17) is 9.47 Å². The van der Waals surface area contributed by atoms with Crippen molar-refractivity contribution in [3.63, 3.8) is 0 Å². The molecule has 6 heteroatoms. The summed E-state index contributed by atoms with van der Waals surface area (Å²) in [5, 5.41) is 2.91. The molecule has 140 valence electrons. The number of amides is 2. The number of fused-ring (bicyclic) bond motifs is 2. The highest BCUT2D eigenvalue weighted by Gasteiger charge is 2.25. The number of rotatable bonds is 3. The van der Waals surface area contributed by atoms with Gasteiger partial charge in [-0.25, -0.2) is 0 Å². The van der Waals surface area contributed by atoms with Gasteiger partial charge in [-0.15, -0.1) is 0 Å². The van der Waals surface area contributed by atoms with Crippen molar-refractivity contribution in [1.82, 2.24) is 0 Å². The Morgan fingerprint density at radius 2 is 1.89 bits per heavy atom. The van der Waals surface area contributed by atoms with Crippen LogP contribution in [0.1, 0.15) is 36.2 Å². The topological polar surface area (TPSA) is 67.9 Å². The standard InChI is InChI=1S/C21H22N2O4/c1-13(2)21(25)23-9-3-4-14-5-7-16(11-17(14)23)22-20(24)15-6-8-18-19(10-15)27-12-26-18/h5-8,10-11,13H,3-4,9,12H2,1-2H3,(H,22,24). The van der Waals surface area contributed by atoms with E-state index in [0.29, 0.717) is 29.3 Å². The Bertz CT molecular complexity index is 907. The molecule has 0 spiro atoms. The van der Waals surface area contributed by atoms with Crippen molar-refractivity contribution in [2.75, 3.05) is 23.6 Å². The minimum Gasteiger partial charge on any atom is -0.454 e. The second kappa shape index (κ2) is 6.95. The third-order valence-electron chi connectivity index (χ3n) is 4.86. The Morgan fingerprint density at radius 3 is 2.70 bits per heavy atom. The summed E-state index contributed by atoms with van der Waals surface area (Å²) in [6.07, 6.45) is 1.89. The fourth-order valence-electron chi connectivity index (χ4n) is 3.43. The predicted molar refractivity (Wildman–Crippen MR) is 102 cm³/mol. The number of nitrogens with zero attached hydrogens (tertiary/aromatic N) is 1. The molecule has 2 amide bonds. The summed E-state index contributed by atoms with van der Waals surface area (Å²) in [7, 11) is 0. The van der Waals surface area contributed by atoms with Crippen molar-refractivity contribution in [1.29, 1.82) is 0 Å². The highest BCUT2D eigenvalue weighted by molar-refractivity contribution is 6.05. The van der Waals surface area contributed by atoms with Gasteiger partial charge in [-0.1, -0.05) is 19.9 Å². The maximum absolute atomic E-state index is 12.6. The van der Waals surface area contributed by atoms with E-state index < -0.39 is 0 Å². The highest BCUT2D eigenvalue weighted by Crippen LogP contribution is 2.34. The van der Waals surface area contributed by atoms with Crippen LogP contribution in [0.3, 0.4) is 0 Å². The van der Waals surface area contributed by atoms with Gasteiger partial charge in [0.1, 0.15) is 0 Å². The van der Waals surface area contributed by atoms with Gasteiger partial charge in [0.25, 0.3) is 5.91 Å². The van der Waals surface area contributed by atoms with Crippen LogP contribution in [0.4, 0.5) is 11.4 Å². The molecule has 2 heterocycles. The Morgan fingerprint density at radius 1 is 1.07 bits per heavy atom. The van der Waals surface area contributed by atoms with Crippen LogP contribution >= 0.6 is 0 Å². The Hall–Kier alpha value is -3.02. The molecule has 2 aliphatic rings. The summed E-state index contributed by atoms with van der Waals surface area (Å²) < 4.78 is 10.6. The lowest BCUT2D eigenvalue weighted by molar-refractivity contribution is -0.121. The third-order valence-corrected chi connectivity index (χ3v) is 4.86. The average molecular weight is 366 g/mol. The number of benzene rings is 2. The third kappa shape index (κ3) is 3.35. The maximum atomic E-state index is 12.6. The number of aryl methyl sites for hydroxylation is 1. The maximum Gasteiger partial charge on any atom is 0.255 e. The second-order valence-corrected chi connectivity index (χ2v) is 7.11.